The molecule has 1 aromatic rings. The van der Waals surface area contributed by atoms with Crippen molar-refractivity contribution >= 4 is 11.8 Å². The highest BCUT2D eigenvalue weighted by Gasteiger charge is 2.34. The minimum Gasteiger partial charge on any atom is -0.396 e. The number of benzene rings is 1. The molecule has 0 spiro atoms. The number of rotatable bonds is 7. The third-order valence-corrected chi connectivity index (χ3v) is 5.30. The third kappa shape index (κ3) is 4.00. The molecule has 1 unspecified atom stereocenters. The zero-order valence-electron chi connectivity index (χ0n) is 12.7. The number of aliphatic hydroxyl groups is 1. The smallest absolute Gasteiger partial charge is 0.0438 e. The summed E-state index contributed by atoms with van der Waals surface area (Å²) >= 11 is 1.93. The van der Waals surface area contributed by atoms with Crippen molar-refractivity contribution < 1.29 is 5.11 Å². The van der Waals surface area contributed by atoms with Gasteiger partial charge in [0.2, 0.25) is 0 Å². The average Bonchev–Trinajstić information content (AvgIpc) is 2.44. The lowest BCUT2D eigenvalue weighted by molar-refractivity contribution is 0.212. The van der Waals surface area contributed by atoms with Gasteiger partial charge in [-0.1, -0.05) is 38.1 Å². The molecule has 2 N–H and O–H groups in total. The van der Waals surface area contributed by atoms with Crippen molar-refractivity contribution in [2.75, 3.05) is 24.7 Å². The molecular weight excluding hydrogens is 266 g/mol. The van der Waals surface area contributed by atoms with Crippen LogP contribution in [0.3, 0.4) is 0 Å². The predicted octanol–water partition coefficient (Wildman–Crippen LogP) is 3.41. The minimum atomic E-state index is 0.309. The topological polar surface area (TPSA) is 32.3 Å². The second-order valence-electron chi connectivity index (χ2n) is 6.26. The lowest BCUT2D eigenvalue weighted by atomic mass is 9.70. The number of hydrogen-bond donors (Lipinski definition) is 2. The minimum absolute atomic E-state index is 0.309. The molecule has 3 heteroatoms. The average molecular weight is 293 g/mol. The van der Waals surface area contributed by atoms with E-state index in [1.54, 1.807) is 0 Å². The van der Waals surface area contributed by atoms with Gasteiger partial charge in [0.15, 0.2) is 0 Å². The molecule has 0 saturated carbocycles. The van der Waals surface area contributed by atoms with Gasteiger partial charge in [0.1, 0.15) is 0 Å². The summed E-state index contributed by atoms with van der Waals surface area (Å²) in [6, 6.07) is 9.33. The molecule has 0 bridgehead atoms. The highest BCUT2D eigenvalue weighted by Crippen LogP contribution is 2.43. The van der Waals surface area contributed by atoms with Crippen LogP contribution in [0, 0.1) is 5.41 Å². The van der Waals surface area contributed by atoms with Crippen LogP contribution in [0.15, 0.2) is 24.3 Å². The van der Waals surface area contributed by atoms with Crippen LogP contribution in [-0.2, 0) is 6.42 Å². The van der Waals surface area contributed by atoms with Gasteiger partial charge in [-0.3, -0.25) is 0 Å². The summed E-state index contributed by atoms with van der Waals surface area (Å²) in [6.07, 6.45) is 3.36. The van der Waals surface area contributed by atoms with Gasteiger partial charge in [0, 0.05) is 24.9 Å². The van der Waals surface area contributed by atoms with E-state index in [0.29, 0.717) is 18.1 Å². The Morgan fingerprint density at radius 3 is 2.90 bits per heavy atom. The third-order valence-electron chi connectivity index (χ3n) is 4.23. The van der Waals surface area contributed by atoms with E-state index in [1.165, 1.54) is 24.0 Å². The van der Waals surface area contributed by atoms with Gasteiger partial charge in [-0.2, -0.15) is 11.8 Å². The largest absolute Gasteiger partial charge is 0.396 e. The van der Waals surface area contributed by atoms with Crippen LogP contribution in [-0.4, -0.2) is 29.8 Å². The van der Waals surface area contributed by atoms with Crippen molar-refractivity contribution in [3.63, 3.8) is 0 Å². The van der Waals surface area contributed by atoms with E-state index in [0.717, 1.165) is 24.5 Å². The van der Waals surface area contributed by atoms with Gasteiger partial charge in [-0.25, -0.2) is 0 Å². The number of hydrogen-bond acceptors (Lipinski definition) is 3. The summed E-state index contributed by atoms with van der Waals surface area (Å²) in [5, 5.41) is 12.5. The Bertz CT molecular complexity index is 419. The summed E-state index contributed by atoms with van der Waals surface area (Å²) in [5.41, 5.74) is 3.32. The highest BCUT2D eigenvalue weighted by atomic mass is 32.2. The summed E-state index contributed by atoms with van der Waals surface area (Å²) in [6.45, 7) is 6.10. The van der Waals surface area contributed by atoms with E-state index in [-0.39, 0.29) is 0 Å². The monoisotopic (exact) mass is 293 g/mol. The van der Waals surface area contributed by atoms with Crippen LogP contribution in [0.25, 0.3) is 0 Å². The molecule has 0 aromatic heterocycles. The lowest BCUT2D eigenvalue weighted by Gasteiger charge is -2.40. The molecule has 0 radical (unpaired) electrons. The van der Waals surface area contributed by atoms with Crippen molar-refractivity contribution in [1.82, 2.24) is 5.32 Å². The first-order chi connectivity index (χ1) is 9.65. The van der Waals surface area contributed by atoms with Crippen LogP contribution in [0.2, 0.25) is 0 Å². The number of aliphatic hydroxyl groups excluding tert-OH is 1. The fourth-order valence-electron chi connectivity index (χ4n) is 3.00. The Hall–Kier alpha value is -0.510. The van der Waals surface area contributed by atoms with Gasteiger partial charge in [-0.05, 0) is 41.6 Å². The van der Waals surface area contributed by atoms with Crippen LogP contribution < -0.4 is 5.32 Å². The normalized spacial score (nSPS) is 20.6. The van der Waals surface area contributed by atoms with Gasteiger partial charge in [0.25, 0.3) is 0 Å². The maximum atomic E-state index is 8.78. The van der Waals surface area contributed by atoms with Crippen LogP contribution in [0.4, 0.5) is 0 Å². The second-order valence-corrected chi connectivity index (χ2v) is 7.49. The fourth-order valence-corrected chi connectivity index (χ4v) is 3.80. The molecule has 0 heterocycles. The Morgan fingerprint density at radius 1 is 1.30 bits per heavy atom. The van der Waals surface area contributed by atoms with E-state index >= 15 is 0 Å². The molecule has 20 heavy (non-hydrogen) atoms. The molecule has 1 atom stereocenters. The van der Waals surface area contributed by atoms with Crippen molar-refractivity contribution in [1.29, 1.82) is 0 Å². The SMILES string of the molecule is CC1(C)CCc2ccccc2C1NCCSCCCO. The van der Waals surface area contributed by atoms with Crippen molar-refractivity contribution in [2.45, 2.75) is 39.2 Å². The molecule has 1 aliphatic carbocycles. The summed E-state index contributed by atoms with van der Waals surface area (Å²) in [5.74, 6) is 2.18. The number of nitrogens with one attached hydrogen (secondary N) is 1. The molecule has 2 rings (SSSR count). The zero-order valence-corrected chi connectivity index (χ0v) is 13.5. The van der Waals surface area contributed by atoms with E-state index in [2.05, 4.69) is 43.4 Å². The van der Waals surface area contributed by atoms with Crippen LogP contribution in [0.1, 0.15) is 43.9 Å². The van der Waals surface area contributed by atoms with Crippen molar-refractivity contribution in [2.24, 2.45) is 5.41 Å². The second kappa shape index (κ2) is 7.48. The molecule has 2 nitrogen and oxygen atoms in total. The van der Waals surface area contributed by atoms with E-state index < -0.39 is 0 Å². The Morgan fingerprint density at radius 2 is 2.10 bits per heavy atom. The Kier molecular flexibility index (Phi) is 5.94. The van der Waals surface area contributed by atoms with Gasteiger partial charge >= 0.3 is 0 Å². The molecule has 0 fully saturated rings. The van der Waals surface area contributed by atoms with Crippen LogP contribution in [0.5, 0.6) is 0 Å². The molecule has 0 amide bonds. The zero-order chi connectivity index (χ0) is 14.4. The lowest BCUT2D eigenvalue weighted by Crippen LogP contribution is -2.39. The fraction of sp³-hybridized carbons (Fsp3) is 0.647. The van der Waals surface area contributed by atoms with Crippen molar-refractivity contribution in [3.05, 3.63) is 35.4 Å². The van der Waals surface area contributed by atoms with E-state index in [9.17, 15) is 0 Å². The van der Waals surface area contributed by atoms with Crippen molar-refractivity contribution in [3.8, 4) is 0 Å². The number of aryl methyl sites for hydroxylation is 1. The summed E-state index contributed by atoms with van der Waals surface area (Å²) < 4.78 is 0. The number of fused-ring (bicyclic) bond motifs is 1. The molecular formula is C17H27NOS. The highest BCUT2D eigenvalue weighted by molar-refractivity contribution is 7.99. The summed E-state index contributed by atoms with van der Waals surface area (Å²) in [7, 11) is 0. The maximum absolute atomic E-state index is 8.78. The first kappa shape index (κ1) is 15.9. The molecule has 0 saturated heterocycles. The van der Waals surface area contributed by atoms with Crippen LogP contribution >= 0.6 is 11.8 Å². The quantitative estimate of drug-likeness (QED) is 0.756. The Labute approximate surface area is 127 Å². The number of thioether (sulfide) groups is 1. The standard InChI is InChI=1S/C17H27NOS/c1-17(2)9-8-14-6-3-4-7-15(14)16(17)18-10-13-20-12-5-11-19/h3-4,6-7,16,18-19H,5,8-13H2,1-2H3. The first-order valence-electron chi connectivity index (χ1n) is 7.65. The summed E-state index contributed by atoms with van der Waals surface area (Å²) in [4.78, 5) is 0. The Balaban J connectivity index is 1.91. The maximum Gasteiger partial charge on any atom is 0.0438 e. The van der Waals surface area contributed by atoms with E-state index in [1.807, 2.05) is 11.8 Å². The molecule has 112 valence electrons. The predicted molar refractivity (Wildman–Crippen MR) is 88.3 cm³/mol. The van der Waals surface area contributed by atoms with Gasteiger partial charge in [0.05, 0.1) is 0 Å². The molecule has 1 aromatic carbocycles. The van der Waals surface area contributed by atoms with Gasteiger partial charge in [-0.15, -0.1) is 0 Å². The molecule has 1 aliphatic rings. The van der Waals surface area contributed by atoms with Gasteiger partial charge < -0.3 is 10.4 Å². The first-order valence-corrected chi connectivity index (χ1v) is 8.80. The van der Waals surface area contributed by atoms with E-state index in [4.69, 9.17) is 5.11 Å². The molecule has 0 aliphatic heterocycles.